The number of aromatic nitrogens is 3. The van der Waals surface area contributed by atoms with Crippen LogP contribution in [0.2, 0.25) is 0 Å². The fraction of sp³-hybridized carbons (Fsp3) is 0.250. The highest BCUT2D eigenvalue weighted by atomic mass is 16.4. The van der Waals surface area contributed by atoms with Gasteiger partial charge in [0.2, 0.25) is 0 Å². The van der Waals surface area contributed by atoms with Crippen molar-refractivity contribution in [1.82, 2.24) is 14.8 Å². The van der Waals surface area contributed by atoms with Crippen LogP contribution in [0.5, 0.6) is 0 Å². The molecule has 0 unspecified atom stereocenters. The Balaban J connectivity index is 2.67. The highest BCUT2D eigenvalue weighted by molar-refractivity contribution is 5.85. The molecule has 0 amide bonds. The summed E-state index contributed by atoms with van der Waals surface area (Å²) >= 11 is 0. The molecule has 1 aromatic heterocycles. The Morgan fingerprint density at radius 3 is 3.07 bits per heavy atom. The molecule has 0 spiro atoms. The van der Waals surface area contributed by atoms with Gasteiger partial charge in [0.05, 0.1) is 6.54 Å². The van der Waals surface area contributed by atoms with Crippen molar-refractivity contribution >= 4 is 5.97 Å². The van der Waals surface area contributed by atoms with E-state index in [0.717, 1.165) is 0 Å². The topological polar surface area (TPSA) is 91.8 Å². The van der Waals surface area contributed by atoms with E-state index >= 15 is 0 Å². The van der Waals surface area contributed by atoms with Gasteiger partial charge in [0.1, 0.15) is 12.4 Å². The van der Waals surface area contributed by atoms with Crippen LogP contribution in [0, 0.1) is 11.3 Å². The van der Waals surface area contributed by atoms with Crippen LogP contribution in [0.15, 0.2) is 18.0 Å². The first-order chi connectivity index (χ1) is 6.63. The molecule has 0 aliphatic heterocycles. The van der Waals surface area contributed by atoms with Crippen LogP contribution < -0.4 is 0 Å². The van der Waals surface area contributed by atoms with Crippen molar-refractivity contribution < 1.29 is 9.90 Å². The average molecular weight is 192 g/mol. The minimum atomic E-state index is -0.967. The van der Waals surface area contributed by atoms with Gasteiger partial charge >= 0.3 is 5.97 Å². The smallest absolute Gasteiger partial charge is 0.331 e. The van der Waals surface area contributed by atoms with Gasteiger partial charge in [-0.05, 0) is 6.92 Å². The number of aliphatic carboxylic acids is 1. The van der Waals surface area contributed by atoms with E-state index in [1.54, 1.807) is 6.07 Å². The number of nitrogens with zero attached hydrogens (tertiary/aromatic N) is 4. The second-order valence-corrected chi connectivity index (χ2v) is 2.59. The molecule has 1 heterocycles. The number of hydrogen-bond acceptors (Lipinski definition) is 4. The van der Waals surface area contributed by atoms with Crippen molar-refractivity contribution in [2.24, 2.45) is 0 Å². The predicted molar refractivity (Wildman–Crippen MR) is 46.1 cm³/mol. The molecule has 14 heavy (non-hydrogen) atoms. The standard InChI is InChI=1S/C8H8N4O2/c1-6(8(13)14)2-3-12-5-10-7(4-9)11-12/h2,5H,3H2,1H3,(H,13,14). The number of hydrogen-bond donors (Lipinski definition) is 1. The van der Waals surface area contributed by atoms with Crippen molar-refractivity contribution in [3.8, 4) is 6.07 Å². The van der Waals surface area contributed by atoms with E-state index in [0.29, 0.717) is 6.54 Å². The van der Waals surface area contributed by atoms with E-state index in [-0.39, 0.29) is 11.4 Å². The monoisotopic (exact) mass is 192 g/mol. The van der Waals surface area contributed by atoms with Crippen LogP contribution in [0.4, 0.5) is 0 Å². The Labute approximate surface area is 80.1 Å². The third-order valence-corrected chi connectivity index (χ3v) is 1.56. The zero-order valence-electron chi connectivity index (χ0n) is 7.51. The van der Waals surface area contributed by atoms with Crippen LogP contribution in [-0.4, -0.2) is 25.8 Å². The molecule has 6 heteroatoms. The molecule has 1 rings (SSSR count). The van der Waals surface area contributed by atoms with E-state index in [2.05, 4.69) is 10.1 Å². The van der Waals surface area contributed by atoms with E-state index in [1.807, 2.05) is 0 Å². The third-order valence-electron chi connectivity index (χ3n) is 1.56. The fourth-order valence-electron chi connectivity index (χ4n) is 0.752. The summed E-state index contributed by atoms with van der Waals surface area (Å²) in [4.78, 5) is 14.1. The summed E-state index contributed by atoms with van der Waals surface area (Å²) in [6.07, 6.45) is 2.88. The number of nitriles is 1. The maximum atomic E-state index is 10.4. The molecule has 0 radical (unpaired) electrons. The summed E-state index contributed by atoms with van der Waals surface area (Å²) in [6, 6.07) is 1.78. The van der Waals surface area contributed by atoms with Crippen molar-refractivity contribution in [1.29, 1.82) is 5.26 Å². The SMILES string of the molecule is CC(=CCn1cnc(C#N)n1)C(=O)O. The Kier molecular flexibility index (Phi) is 2.97. The van der Waals surface area contributed by atoms with Crippen LogP contribution in [0.25, 0.3) is 0 Å². The first kappa shape index (κ1) is 9.92. The summed E-state index contributed by atoms with van der Waals surface area (Å²) in [6.45, 7) is 1.79. The van der Waals surface area contributed by atoms with Crippen molar-refractivity contribution in [3.05, 3.63) is 23.8 Å². The lowest BCUT2D eigenvalue weighted by Crippen LogP contribution is -2.01. The summed E-state index contributed by atoms with van der Waals surface area (Å²) in [5.41, 5.74) is 0.235. The van der Waals surface area contributed by atoms with Gasteiger partial charge in [-0.15, -0.1) is 5.10 Å². The Morgan fingerprint density at radius 2 is 2.57 bits per heavy atom. The van der Waals surface area contributed by atoms with Gasteiger partial charge in [0.15, 0.2) is 0 Å². The summed E-state index contributed by atoms with van der Waals surface area (Å²) in [5.74, 6) is -0.892. The molecule has 0 atom stereocenters. The van der Waals surface area contributed by atoms with E-state index in [1.165, 1.54) is 24.0 Å². The lowest BCUT2D eigenvalue weighted by Gasteiger charge is -1.94. The van der Waals surface area contributed by atoms with Crippen molar-refractivity contribution in [2.75, 3.05) is 0 Å². The van der Waals surface area contributed by atoms with Gasteiger partial charge in [-0.2, -0.15) is 5.26 Å². The van der Waals surface area contributed by atoms with E-state index < -0.39 is 5.97 Å². The number of carboxylic acid groups (broad SMARTS) is 1. The summed E-state index contributed by atoms with van der Waals surface area (Å²) < 4.78 is 1.39. The number of rotatable bonds is 3. The van der Waals surface area contributed by atoms with Crippen molar-refractivity contribution in [3.63, 3.8) is 0 Å². The first-order valence-corrected chi connectivity index (χ1v) is 3.83. The molecule has 0 saturated heterocycles. The van der Waals surface area contributed by atoms with E-state index in [4.69, 9.17) is 10.4 Å². The Hall–Kier alpha value is -2.16. The summed E-state index contributed by atoms with van der Waals surface area (Å²) in [7, 11) is 0. The van der Waals surface area contributed by atoms with Gasteiger partial charge in [0, 0.05) is 5.57 Å². The number of carbonyl (C=O) groups is 1. The first-order valence-electron chi connectivity index (χ1n) is 3.83. The van der Waals surface area contributed by atoms with Crippen LogP contribution in [-0.2, 0) is 11.3 Å². The molecule has 0 fully saturated rings. The van der Waals surface area contributed by atoms with Crippen LogP contribution in [0.1, 0.15) is 12.7 Å². The highest BCUT2D eigenvalue weighted by Crippen LogP contribution is 1.94. The Bertz CT molecular complexity index is 413. The molecule has 72 valence electrons. The molecule has 0 bridgehead atoms. The molecule has 1 aromatic rings. The zero-order chi connectivity index (χ0) is 10.6. The molecule has 1 N–H and O–H groups in total. The van der Waals surface area contributed by atoms with Gasteiger partial charge < -0.3 is 5.11 Å². The lowest BCUT2D eigenvalue weighted by molar-refractivity contribution is -0.132. The van der Waals surface area contributed by atoms with Gasteiger partial charge in [-0.25, -0.2) is 14.5 Å². The van der Waals surface area contributed by atoms with Gasteiger partial charge in [0.25, 0.3) is 5.82 Å². The average Bonchev–Trinajstić information content (AvgIpc) is 2.61. The molecular formula is C8H8N4O2. The second-order valence-electron chi connectivity index (χ2n) is 2.59. The minimum Gasteiger partial charge on any atom is -0.478 e. The summed E-state index contributed by atoms with van der Waals surface area (Å²) in [5, 5.41) is 20.7. The predicted octanol–water partition coefficient (Wildman–Crippen LogP) is 0.181. The molecule has 6 nitrogen and oxygen atoms in total. The largest absolute Gasteiger partial charge is 0.478 e. The maximum absolute atomic E-state index is 10.4. The molecule has 0 aliphatic rings. The highest BCUT2D eigenvalue weighted by Gasteiger charge is 2.00. The fourth-order valence-corrected chi connectivity index (χ4v) is 0.752. The van der Waals surface area contributed by atoms with Gasteiger partial charge in [-0.1, -0.05) is 6.08 Å². The van der Waals surface area contributed by atoms with Crippen molar-refractivity contribution in [2.45, 2.75) is 13.5 Å². The molecule has 0 aromatic carbocycles. The quantitative estimate of drug-likeness (QED) is 0.689. The van der Waals surface area contributed by atoms with Gasteiger partial charge in [-0.3, -0.25) is 0 Å². The zero-order valence-corrected chi connectivity index (χ0v) is 7.51. The second kappa shape index (κ2) is 4.18. The Morgan fingerprint density at radius 1 is 1.86 bits per heavy atom. The van der Waals surface area contributed by atoms with E-state index in [9.17, 15) is 4.79 Å². The number of allylic oxidation sites excluding steroid dienone is 1. The normalized spacial score (nSPS) is 11.0. The molecular weight excluding hydrogens is 184 g/mol. The third kappa shape index (κ3) is 2.42. The molecule has 0 aliphatic carbocycles. The lowest BCUT2D eigenvalue weighted by atomic mass is 10.3. The minimum absolute atomic E-state index is 0.0754. The van der Waals surface area contributed by atoms with Crippen LogP contribution in [0.3, 0.4) is 0 Å². The molecule has 0 saturated carbocycles. The van der Waals surface area contributed by atoms with Crippen LogP contribution >= 0.6 is 0 Å². The number of carboxylic acids is 1. The maximum Gasteiger partial charge on any atom is 0.331 e.